The van der Waals surface area contributed by atoms with E-state index in [1.807, 2.05) is 23.5 Å². The first-order valence-corrected chi connectivity index (χ1v) is 21.9. The fourth-order valence-electron chi connectivity index (χ4n) is 10.9. The van der Waals surface area contributed by atoms with Gasteiger partial charge in [-0.2, -0.15) is 0 Å². The molecular weight excluding hydrogens is 740 g/mol. The van der Waals surface area contributed by atoms with E-state index in [0.717, 1.165) is 0 Å². The fraction of sp³-hybridized carbons (Fsp3) is 0.0943. The van der Waals surface area contributed by atoms with E-state index in [1.165, 1.54) is 124 Å². The average Bonchev–Trinajstić information content (AvgIpc) is 3.84. The smallest absolute Gasteiger partial charge is 0.247 e. The van der Waals surface area contributed by atoms with Gasteiger partial charge in [0.2, 0.25) is 6.71 Å². The van der Waals surface area contributed by atoms with Gasteiger partial charge in [0.25, 0.3) is 0 Å². The second-order valence-corrected chi connectivity index (χ2v) is 19.2. The molecule has 2 aliphatic heterocycles. The maximum Gasteiger partial charge on any atom is 0.247 e. The van der Waals surface area contributed by atoms with Crippen molar-refractivity contribution in [3.63, 3.8) is 0 Å². The van der Waals surface area contributed by atoms with E-state index in [0.29, 0.717) is 0 Å². The first-order valence-electron chi connectivity index (χ1n) is 20.3. The number of aromatic nitrogens is 2. The lowest BCUT2D eigenvalue weighted by molar-refractivity contribution is 0.667. The van der Waals surface area contributed by atoms with Crippen LogP contribution in [-0.2, 0) is 5.41 Å². The van der Waals surface area contributed by atoms with Crippen LogP contribution in [0.2, 0.25) is 0 Å². The lowest BCUT2D eigenvalue weighted by Gasteiger charge is -2.34. The van der Waals surface area contributed by atoms with Crippen molar-refractivity contribution in [2.24, 2.45) is 0 Å². The van der Waals surface area contributed by atoms with Crippen LogP contribution < -0.4 is 16.4 Å². The third-order valence-corrected chi connectivity index (χ3v) is 15.6. The molecule has 13 rings (SSSR count). The summed E-state index contributed by atoms with van der Waals surface area (Å²) in [6.07, 6.45) is 0. The molecule has 4 heterocycles. The summed E-state index contributed by atoms with van der Waals surface area (Å²) in [5.74, 6) is 0. The number of fused-ring (bicyclic) bond motifs is 16. The van der Waals surface area contributed by atoms with Crippen LogP contribution in [0.15, 0.2) is 171 Å². The number of rotatable bonds is 2. The van der Waals surface area contributed by atoms with Gasteiger partial charge in [-0.1, -0.05) is 163 Å². The molecule has 3 aliphatic rings. The fourth-order valence-corrected chi connectivity index (χ4v) is 13.4. The molecule has 1 aliphatic carbocycles. The predicted octanol–water partition coefficient (Wildman–Crippen LogP) is 12.2. The summed E-state index contributed by atoms with van der Waals surface area (Å²) in [6.45, 7) is 9.56. The van der Waals surface area contributed by atoms with Gasteiger partial charge in [0.15, 0.2) is 0 Å². The number of hydrogen-bond donors (Lipinski definition) is 0. The van der Waals surface area contributed by atoms with Crippen LogP contribution in [0.1, 0.15) is 36.1 Å². The first-order chi connectivity index (χ1) is 28.4. The zero-order valence-corrected chi connectivity index (χ0v) is 34.4. The van der Waals surface area contributed by atoms with Crippen molar-refractivity contribution in [2.75, 3.05) is 0 Å². The molecule has 274 valence electrons. The topological polar surface area (TPSA) is 9.86 Å². The molecule has 58 heavy (non-hydrogen) atoms. The Morgan fingerprint density at radius 3 is 1.71 bits per heavy atom. The molecule has 0 unspecified atom stereocenters. The second kappa shape index (κ2) is 11.6. The van der Waals surface area contributed by atoms with Crippen LogP contribution in [-0.4, -0.2) is 15.8 Å². The lowest BCUT2D eigenvalue weighted by Crippen LogP contribution is -2.58. The standard InChI is InChI=1S/C53H37BN2S2/c1-30-22-24-42-38(26-30)54-39-27-31(2)23-25-43(39)58-45-29-33(28-44(57-42)50(45)54)56-40-20-12-9-17-35(40)47-49-46(34-16-8-11-19-37(34)53(49,3)4)51-48(52(47)56)36-18-10-13-21-41(36)55(51)32-14-6-5-7-15-32/h5-29H,1-4H3. The lowest BCUT2D eigenvalue weighted by atomic mass is 9.36. The number of nitrogens with zero attached hydrogens (tertiary/aromatic N) is 2. The summed E-state index contributed by atoms with van der Waals surface area (Å²) in [5, 5.41) is 5.25. The predicted molar refractivity (Wildman–Crippen MR) is 248 cm³/mol. The Morgan fingerprint density at radius 2 is 1.05 bits per heavy atom. The molecule has 0 spiro atoms. The molecule has 0 fully saturated rings. The van der Waals surface area contributed by atoms with Crippen LogP contribution in [0.4, 0.5) is 0 Å². The van der Waals surface area contributed by atoms with Gasteiger partial charge in [-0.3, -0.25) is 0 Å². The summed E-state index contributed by atoms with van der Waals surface area (Å²) in [6, 6.07) is 57.6. The van der Waals surface area contributed by atoms with Crippen LogP contribution in [0, 0.1) is 13.8 Å². The van der Waals surface area contributed by atoms with Gasteiger partial charge in [-0.15, -0.1) is 0 Å². The van der Waals surface area contributed by atoms with Gasteiger partial charge in [0, 0.05) is 63.5 Å². The van der Waals surface area contributed by atoms with Crippen molar-refractivity contribution in [2.45, 2.75) is 52.7 Å². The largest absolute Gasteiger partial charge is 0.309 e. The number of hydrogen-bond acceptors (Lipinski definition) is 2. The average molecular weight is 777 g/mol. The molecule has 0 saturated heterocycles. The Morgan fingerprint density at radius 1 is 0.500 bits per heavy atom. The van der Waals surface area contributed by atoms with Gasteiger partial charge in [-0.25, -0.2) is 0 Å². The summed E-state index contributed by atoms with van der Waals surface area (Å²) < 4.78 is 5.18. The van der Waals surface area contributed by atoms with E-state index in [9.17, 15) is 0 Å². The summed E-state index contributed by atoms with van der Waals surface area (Å²) in [5.41, 5.74) is 19.7. The second-order valence-electron chi connectivity index (χ2n) is 17.0. The summed E-state index contributed by atoms with van der Waals surface area (Å²) in [7, 11) is 0. The Kier molecular flexibility index (Phi) is 6.64. The van der Waals surface area contributed by atoms with E-state index >= 15 is 0 Å². The Labute approximate surface area is 346 Å². The normalized spacial score (nSPS) is 14.5. The maximum atomic E-state index is 2.64. The first kappa shape index (κ1) is 33.1. The highest BCUT2D eigenvalue weighted by molar-refractivity contribution is 8.01. The molecular formula is C53H37BN2S2. The van der Waals surface area contributed by atoms with Gasteiger partial charge in [0.05, 0.1) is 22.1 Å². The van der Waals surface area contributed by atoms with Crippen molar-refractivity contribution in [1.82, 2.24) is 9.13 Å². The molecule has 8 aromatic carbocycles. The summed E-state index contributed by atoms with van der Waals surface area (Å²) in [4.78, 5) is 5.43. The minimum Gasteiger partial charge on any atom is -0.309 e. The van der Waals surface area contributed by atoms with E-state index in [4.69, 9.17) is 0 Å². The van der Waals surface area contributed by atoms with Crippen LogP contribution >= 0.6 is 23.5 Å². The highest BCUT2D eigenvalue weighted by Crippen LogP contribution is 2.58. The van der Waals surface area contributed by atoms with Crippen molar-refractivity contribution in [3.05, 3.63) is 174 Å². The third-order valence-electron chi connectivity index (χ3n) is 13.3. The third kappa shape index (κ3) is 4.23. The minimum atomic E-state index is -0.226. The quantitative estimate of drug-likeness (QED) is 0.162. The highest BCUT2D eigenvalue weighted by Gasteiger charge is 2.42. The summed E-state index contributed by atoms with van der Waals surface area (Å²) >= 11 is 3.90. The van der Waals surface area contributed by atoms with Crippen LogP contribution in [0.25, 0.3) is 66.1 Å². The van der Waals surface area contributed by atoms with E-state index < -0.39 is 0 Å². The number of para-hydroxylation sites is 3. The molecule has 5 heteroatoms. The Balaban J connectivity index is 1.22. The van der Waals surface area contributed by atoms with E-state index in [2.05, 4.69) is 188 Å². The maximum absolute atomic E-state index is 2.64. The zero-order chi connectivity index (χ0) is 38.6. The van der Waals surface area contributed by atoms with Crippen molar-refractivity contribution < 1.29 is 0 Å². The minimum absolute atomic E-state index is 0.211. The molecule has 2 aromatic heterocycles. The van der Waals surface area contributed by atoms with Crippen molar-refractivity contribution in [1.29, 1.82) is 0 Å². The molecule has 0 N–H and O–H groups in total. The highest BCUT2D eigenvalue weighted by atomic mass is 32.2. The van der Waals surface area contributed by atoms with E-state index in [1.54, 1.807) is 0 Å². The molecule has 2 nitrogen and oxygen atoms in total. The molecule has 0 bridgehead atoms. The molecule has 0 atom stereocenters. The van der Waals surface area contributed by atoms with Gasteiger partial charge in [0.1, 0.15) is 0 Å². The van der Waals surface area contributed by atoms with Crippen LogP contribution in [0.5, 0.6) is 0 Å². The monoisotopic (exact) mass is 776 g/mol. The molecule has 0 radical (unpaired) electrons. The van der Waals surface area contributed by atoms with Gasteiger partial charge < -0.3 is 9.13 Å². The van der Waals surface area contributed by atoms with Gasteiger partial charge >= 0.3 is 0 Å². The van der Waals surface area contributed by atoms with Crippen LogP contribution in [0.3, 0.4) is 0 Å². The molecule has 0 saturated carbocycles. The van der Waals surface area contributed by atoms with Gasteiger partial charge in [-0.05, 0) is 84.5 Å². The molecule has 0 amide bonds. The number of aryl methyl sites for hydroxylation is 2. The zero-order valence-electron chi connectivity index (χ0n) is 32.7. The number of benzene rings is 8. The van der Waals surface area contributed by atoms with Crippen molar-refractivity contribution in [3.8, 4) is 22.5 Å². The Bertz CT molecular complexity index is 3390. The van der Waals surface area contributed by atoms with Crippen molar-refractivity contribution >= 4 is 90.2 Å². The Hall–Kier alpha value is -5.88. The van der Waals surface area contributed by atoms with E-state index in [-0.39, 0.29) is 12.1 Å². The SMILES string of the molecule is Cc1ccc2c(c1)B1c3cc(C)ccc3Sc3cc(-n4c5ccccc5c5c6c(c7c(c8ccccc8n7-c7ccccc7)c54)-c4ccccc4C6(C)C)cc(c31)S2. The molecule has 10 aromatic rings.